The molecular weight excluding hydrogens is 260 g/mol. The number of thiazole rings is 1. The van der Waals surface area contributed by atoms with Crippen LogP contribution in [0.25, 0.3) is 0 Å². The fourth-order valence-electron chi connectivity index (χ4n) is 1.55. The van der Waals surface area contributed by atoms with E-state index in [9.17, 15) is 4.79 Å². The summed E-state index contributed by atoms with van der Waals surface area (Å²) in [7, 11) is 0. The summed E-state index contributed by atoms with van der Waals surface area (Å²) in [5, 5.41) is 3.35. The van der Waals surface area contributed by atoms with E-state index in [0.29, 0.717) is 5.13 Å². The molecule has 2 rings (SSSR count). The lowest BCUT2D eigenvalue weighted by molar-refractivity contribution is -0.122. The van der Waals surface area contributed by atoms with Crippen LogP contribution in [0.3, 0.4) is 0 Å². The molecule has 4 nitrogen and oxygen atoms in total. The first-order valence-electron chi connectivity index (χ1n) is 6.02. The summed E-state index contributed by atoms with van der Waals surface area (Å²) in [5.41, 5.74) is 1.01. The Balaban J connectivity index is 1.98. The van der Waals surface area contributed by atoms with Gasteiger partial charge in [-0.1, -0.05) is 18.2 Å². The second kappa shape index (κ2) is 5.84. The molecule has 1 aromatic carbocycles. The largest absolute Gasteiger partial charge is 0.481 e. The number of para-hydroxylation sites is 1. The topological polar surface area (TPSA) is 51.2 Å². The number of anilines is 1. The zero-order chi connectivity index (χ0) is 13.8. The highest BCUT2D eigenvalue weighted by molar-refractivity contribution is 7.15. The molecule has 1 unspecified atom stereocenters. The molecule has 19 heavy (non-hydrogen) atoms. The Morgan fingerprint density at radius 2 is 2.11 bits per heavy atom. The molecule has 0 aliphatic rings. The van der Waals surface area contributed by atoms with Crippen LogP contribution in [0.5, 0.6) is 5.75 Å². The summed E-state index contributed by atoms with van der Waals surface area (Å²) in [6, 6.07) is 7.62. The third kappa shape index (κ3) is 3.54. The SMILES string of the molecule is Cc1cnc(NC(=O)C(C)Oc2ccccc2C)s1. The molecule has 0 radical (unpaired) electrons. The van der Waals surface area contributed by atoms with Gasteiger partial charge in [0.25, 0.3) is 5.91 Å². The first kappa shape index (κ1) is 13.5. The number of hydrogen-bond donors (Lipinski definition) is 1. The van der Waals surface area contributed by atoms with Crippen LogP contribution in [0.1, 0.15) is 17.4 Å². The molecule has 0 aliphatic carbocycles. The van der Waals surface area contributed by atoms with Gasteiger partial charge in [0.05, 0.1) is 0 Å². The van der Waals surface area contributed by atoms with Crippen molar-refractivity contribution in [1.82, 2.24) is 4.98 Å². The Morgan fingerprint density at radius 1 is 1.37 bits per heavy atom. The maximum atomic E-state index is 12.0. The van der Waals surface area contributed by atoms with Gasteiger partial charge in [-0.2, -0.15) is 0 Å². The number of aryl methyl sites for hydroxylation is 2. The van der Waals surface area contributed by atoms with Crippen molar-refractivity contribution in [3.05, 3.63) is 40.9 Å². The van der Waals surface area contributed by atoms with Gasteiger partial charge in [-0.25, -0.2) is 4.98 Å². The number of nitrogens with one attached hydrogen (secondary N) is 1. The van der Waals surface area contributed by atoms with Gasteiger partial charge >= 0.3 is 0 Å². The van der Waals surface area contributed by atoms with Crippen molar-refractivity contribution in [2.45, 2.75) is 26.9 Å². The third-order valence-corrected chi connectivity index (χ3v) is 3.45. The van der Waals surface area contributed by atoms with E-state index in [1.807, 2.05) is 38.1 Å². The average Bonchev–Trinajstić information content (AvgIpc) is 2.77. The van der Waals surface area contributed by atoms with Crippen molar-refractivity contribution in [2.24, 2.45) is 0 Å². The van der Waals surface area contributed by atoms with E-state index in [1.54, 1.807) is 13.1 Å². The van der Waals surface area contributed by atoms with Crippen molar-refractivity contribution >= 4 is 22.4 Å². The molecule has 0 spiro atoms. The van der Waals surface area contributed by atoms with Crippen molar-refractivity contribution < 1.29 is 9.53 Å². The average molecular weight is 276 g/mol. The minimum atomic E-state index is -0.565. The Labute approximate surface area is 116 Å². The second-order valence-electron chi connectivity index (χ2n) is 4.29. The zero-order valence-electron chi connectivity index (χ0n) is 11.1. The van der Waals surface area contributed by atoms with Crippen LogP contribution in [0.15, 0.2) is 30.5 Å². The monoisotopic (exact) mass is 276 g/mol. The molecule has 1 aromatic heterocycles. The lowest BCUT2D eigenvalue weighted by atomic mass is 10.2. The van der Waals surface area contributed by atoms with Crippen molar-refractivity contribution in [3.8, 4) is 5.75 Å². The van der Waals surface area contributed by atoms with Gasteiger partial charge in [0.1, 0.15) is 5.75 Å². The highest BCUT2D eigenvalue weighted by Gasteiger charge is 2.16. The Hall–Kier alpha value is -1.88. The summed E-state index contributed by atoms with van der Waals surface area (Å²) >= 11 is 1.44. The fraction of sp³-hybridized carbons (Fsp3) is 0.286. The van der Waals surface area contributed by atoms with E-state index >= 15 is 0 Å². The normalized spacial score (nSPS) is 11.9. The lowest BCUT2D eigenvalue weighted by Crippen LogP contribution is -2.30. The highest BCUT2D eigenvalue weighted by atomic mass is 32.1. The Morgan fingerprint density at radius 3 is 2.74 bits per heavy atom. The number of carbonyl (C=O) groups is 1. The minimum Gasteiger partial charge on any atom is -0.481 e. The van der Waals surface area contributed by atoms with Gasteiger partial charge in [-0.05, 0) is 32.4 Å². The van der Waals surface area contributed by atoms with Crippen LogP contribution in [0, 0.1) is 13.8 Å². The standard InChI is InChI=1S/C14H16N2O2S/c1-9-6-4-5-7-12(9)18-11(3)13(17)16-14-15-8-10(2)19-14/h4-8,11H,1-3H3,(H,15,16,17). The van der Waals surface area contributed by atoms with Crippen LogP contribution < -0.4 is 10.1 Å². The molecule has 0 aliphatic heterocycles. The number of carbonyl (C=O) groups excluding carboxylic acids is 1. The fourth-order valence-corrected chi connectivity index (χ4v) is 2.22. The molecule has 100 valence electrons. The minimum absolute atomic E-state index is 0.197. The summed E-state index contributed by atoms with van der Waals surface area (Å²) in [4.78, 5) is 17.1. The van der Waals surface area contributed by atoms with Gasteiger partial charge < -0.3 is 4.74 Å². The first-order valence-corrected chi connectivity index (χ1v) is 6.83. The lowest BCUT2D eigenvalue weighted by Gasteiger charge is -2.15. The molecule has 1 N–H and O–H groups in total. The van der Waals surface area contributed by atoms with Crippen molar-refractivity contribution in [2.75, 3.05) is 5.32 Å². The van der Waals surface area contributed by atoms with E-state index in [-0.39, 0.29) is 5.91 Å². The molecule has 2 aromatic rings. The van der Waals surface area contributed by atoms with Gasteiger partial charge in [0, 0.05) is 11.1 Å². The number of hydrogen-bond acceptors (Lipinski definition) is 4. The molecule has 0 saturated heterocycles. The maximum Gasteiger partial charge on any atom is 0.266 e. The molecule has 0 saturated carbocycles. The van der Waals surface area contributed by atoms with Crippen LogP contribution in [-0.2, 0) is 4.79 Å². The summed E-state index contributed by atoms with van der Waals surface area (Å²) in [6.45, 7) is 5.62. The molecule has 1 heterocycles. The quantitative estimate of drug-likeness (QED) is 0.933. The summed E-state index contributed by atoms with van der Waals surface area (Å²) in [5.74, 6) is 0.526. The van der Waals surface area contributed by atoms with E-state index in [1.165, 1.54) is 11.3 Å². The molecular formula is C14H16N2O2S. The summed E-state index contributed by atoms with van der Waals surface area (Å²) in [6.07, 6.45) is 1.16. The second-order valence-corrected chi connectivity index (χ2v) is 5.53. The number of rotatable bonds is 4. The maximum absolute atomic E-state index is 12.0. The molecule has 1 amide bonds. The smallest absolute Gasteiger partial charge is 0.266 e. The zero-order valence-corrected chi connectivity index (χ0v) is 12.0. The van der Waals surface area contributed by atoms with Gasteiger partial charge in [0.15, 0.2) is 11.2 Å². The van der Waals surface area contributed by atoms with Crippen molar-refractivity contribution in [3.63, 3.8) is 0 Å². The highest BCUT2D eigenvalue weighted by Crippen LogP contribution is 2.20. The van der Waals surface area contributed by atoms with Crippen LogP contribution >= 0.6 is 11.3 Å². The first-order chi connectivity index (χ1) is 9.06. The number of ether oxygens (including phenoxy) is 1. The van der Waals surface area contributed by atoms with Gasteiger partial charge in [-0.15, -0.1) is 11.3 Å². The molecule has 0 bridgehead atoms. The molecule has 5 heteroatoms. The van der Waals surface area contributed by atoms with Crippen LogP contribution in [-0.4, -0.2) is 17.0 Å². The Kier molecular flexibility index (Phi) is 4.16. The Bertz CT molecular complexity index is 580. The van der Waals surface area contributed by atoms with E-state index in [2.05, 4.69) is 10.3 Å². The van der Waals surface area contributed by atoms with E-state index < -0.39 is 6.10 Å². The molecule has 0 fully saturated rings. The van der Waals surface area contributed by atoms with Gasteiger partial charge in [-0.3, -0.25) is 10.1 Å². The van der Waals surface area contributed by atoms with E-state index in [0.717, 1.165) is 16.2 Å². The number of amides is 1. The number of benzene rings is 1. The predicted molar refractivity (Wildman–Crippen MR) is 76.7 cm³/mol. The number of nitrogens with zero attached hydrogens (tertiary/aromatic N) is 1. The molecule has 1 atom stereocenters. The van der Waals surface area contributed by atoms with Gasteiger partial charge in [0.2, 0.25) is 0 Å². The van der Waals surface area contributed by atoms with Crippen LogP contribution in [0.4, 0.5) is 5.13 Å². The number of aromatic nitrogens is 1. The van der Waals surface area contributed by atoms with Crippen molar-refractivity contribution in [1.29, 1.82) is 0 Å². The summed E-state index contributed by atoms with van der Waals surface area (Å²) < 4.78 is 5.65. The van der Waals surface area contributed by atoms with Crippen LogP contribution in [0.2, 0.25) is 0 Å². The predicted octanol–water partition coefficient (Wildman–Crippen LogP) is 3.17. The van der Waals surface area contributed by atoms with E-state index in [4.69, 9.17) is 4.74 Å². The third-order valence-electron chi connectivity index (χ3n) is 2.62.